The van der Waals surface area contributed by atoms with Crippen molar-refractivity contribution in [1.29, 1.82) is 0 Å². The Balaban J connectivity index is 1.61. The van der Waals surface area contributed by atoms with Gasteiger partial charge in [-0.25, -0.2) is 18.1 Å². The molecule has 1 amide bonds. The summed E-state index contributed by atoms with van der Waals surface area (Å²) in [4.78, 5) is 17.3. The fourth-order valence-corrected chi connectivity index (χ4v) is 4.83. The highest BCUT2D eigenvalue weighted by atomic mass is 32.2. The quantitative estimate of drug-likeness (QED) is 0.480. The number of carbonyl (C=O) groups excluding carboxylic acids is 1. The van der Waals surface area contributed by atoms with Gasteiger partial charge in [0.05, 0.1) is 4.90 Å². The molecule has 0 aliphatic rings. The summed E-state index contributed by atoms with van der Waals surface area (Å²) in [6.07, 6.45) is 0. The molecule has 2 N–H and O–H groups in total. The molecule has 9 heteroatoms. The van der Waals surface area contributed by atoms with E-state index in [0.717, 1.165) is 11.0 Å². The van der Waals surface area contributed by atoms with Crippen LogP contribution in [0.3, 0.4) is 0 Å². The second kappa shape index (κ2) is 7.67. The lowest BCUT2D eigenvalue weighted by Crippen LogP contribution is -2.21. The summed E-state index contributed by atoms with van der Waals surface area (Å²) in [5.41, 5.74) is 2.93. The highest BCUT2D eigenvalue weighted by Gasteiger charge is 2.20. The zero-order chi connectivity index (χ0) is 21.5. The zero-order valence-corrected chi connectivity index (χ0v) is 18.1. The molecular weight excluding hydrogens is 422 g/mol. The standard InChI is InChI=1S/C21H19N3O4S2/c1-12-8-15(10-19(13(12)2)30(26,27)22-3)20(25)24-21-23-16(11-29-21)18-9-14-6-4-5-7-17(14)28-18/h4-11,22H,1-3H3,(H,23,24,25). The van der Waals surface area contributed by atoms with Crippen molar-refractivity contribution < 1.29 is 17.6 Å². The predicted molar refractivity (Wildman–Crippen MR) is 117 cm³/mol. The van der Waals surface area contributed by atoms with Crippen LogP contribution in [0.4, 0.5) is 5.13 Å². The molecule has 7 nitrogen and oxygen atoms in total. The molecule has 2 aromatic heterocycles. The van der Waals surface area contributed by atoms with Crippen LogP contribution >= 0.6 is 11.3 Å². The van der Waals surface area contributed by atoms with Gasteiger partial charge in [0.2, 0.25) is 10.0 Å². The number of furan rings is 1. The van der Waals surface area contributed by atoms with Gasteiger partial charge in [-0.1, -0.05) is 18.2 Å². The third-order valence-electron chi connectivity index (χ3n) is 4.84. The lowest BCUT2D eigenvalue weighted by atomic mass is 10.1. The van der Waals surface area contributed by atoms with E-state index in [1.165, 1.54) is 24.5 Å². The molecule has 0 spiro atoms. The van der Waals surface area contributed by atoms with Crippen molar-refractivity contribution in [2.45, 2.75) is 18.7 Å². The molecule has 4 aromatic rings. The van der Waals surface area contributed by atoms with Gasteiger partial charge in [-0.15, -0.1) is 11.3 Å². The van der Waals surface area contributed by atoms with Crippen LogP contribution in [-0.4, -0.2) is 26.4 Å². The molecule has 0 aliphatic carbocycles. The summed E-state index contributed by atoms with van der Waals surface area (Å²) < 4.78 is 32.7. The third-order valence-corrected chi connectivity index (χ3v) is 7.14. The minimum absolute atomic E-state index is 0.0808. The van der Waals surface area contributed by atoms with Crippen LogP contribution in [0, 0.1) is 13.8 Å². The van der Waals surface area contributed by atoms with Gasteiger partial charge in [0.25, 0.3) is 5.91 Å². The summed E-state index contributed by atoms with van der Waals surface area (Å²) in [7, 11) is -2.34. The van der Waals surface area contributed by atoms with E-state index >= 15 is 0 Å². The average Bonchev–Trinajstić information content (AvgIpc) is 3.36. The van der Waals surface area contributed by atoms with E-state index in [1.54, 1.807) is 25.3 Å². The first-order valence-corrected chi connectivity index (χ1v) is 11.5. The molecular formula is C21H19N3O4S2. The van der Waals surface area contributed by atoms with Gasteiger partial charge >= 0.3 is 0 Å². The van der Waals surface area contributed by atoms with Crippen LogP contribution in [0.2, 0.25) is 0 Å². The first kappa shape index (κ1) is 20.3. The number of sulfonamides is 1. The molecule has 0 bridgehead atoms. The topological polar surface area (TPSA) is 101 Å². The number of carbonyl (C=O) groups is 1. The Bertz CT molecular complexity index is 1340. The first-order chi connectivity index (χ1) is 14.3. The third kappa shape index (κ3) is 3.74. The normalized spacial score (nSPS) is 11.7. The average molecular weight is 442 g/mol. The Hall–Kier alpha value is -3.01. The molecule has 0 atom stereocenters. The lowest BCUT2D eigenvalue weighted by molar-refractivity contribution is 0.102. The number of para-hydroxylation sites is 1. The van der Waals surface area contributed by atoms with Crippen molar-refractivity contribution in [3.05, 3.63) is 64.5 Å². The number of nitrogens with zero attached hydrogens (tertiary/aromatic N) is 1. The first-order valence-electron chi connectivity index (χ1n) is 9.09. The second-order valence-corrected chi connectivity index (χ2v) is 9.48. The maximum Gasteiger partial charge on any atom is 0.257 e. The van der Waals surface area contributed by atoms with Crippen LogP contribution in [-0.2, 0) is 10.0 Å². The molecule has 2 heterocycles. The van der Waals surface area contributed by atoms with Gasteiger partial charge in [0.1, 0.15) is 11.3 Å². The van der Waals surface area contributed by atoms with E-state index in [0.29, 0.717) is 27.7 Å². The van der Waals surface area contributed by atoms with Crippen molar-refractivity contribution in [3.8, 4) is 11.5 Å². The number of amides is 1. The molecule has 0 radical (unpaired) electrons. The number of thiazole rings is 1. The summed E-state index contributed by atoms with van der Waals surface area (Å²) in [6, 6.07) is 12.6. The smallest absolute Gasteiger partial charge is 0.257 e. The molecule has 30 heavy (non-hydrogen) atoms. The van der Waals surface area contributed by atoms with Gasteiger partial charge < -0.3 is 4.42 Å². The SMILES string of the molecule is CNS(=O)(=O)c1cc(C(=O)Nc2nc(-c3cc4ccccc4o3)cs2)cc(C)c1C. The monoisotopic (exact) mass is 441 g/mol. The number of aryl methyl sites for hydroxylation is 1. The number of nitrogens with one attached hydrogen (secondary N) is 2. The Labute approximate surface area is 177 Å². The number of fused-ring (bicyclic) bond motifs is 1. The molecule has 0 saturated carbocycles. The minimum atomic E-state index is -3.68. The molecule has 0 aliphatic heterocycles. The lowest BCUT2D eigenvalue weighted by Gasteiger charge is -2.12. The number of rotatable bonds is 5. The fourth-order valence-electron chi connectivity index (χ4n) is 3.07. The van der Waals surface area contributed by atoms with Gasteiger partial charge in [-0.3, -0.25) is 10.1 Å². The van der Waals surface area contributed by atoms with Crippen LogP contribution in [0.5, 0.6) is 0 Å². The van der Waals surface area contributed by atoms with Crippen LogP contribution in [0.1, 0.15) is 21.5 Å². The van der Waals surface area contributed by atoms with Crippen molar-refractivity contribution in [1.82, 2.24) is 9.71 Å². The molecule has 154 valence electrons. The second-order valence-electron chi connectivity index (χ2n) is 6.76. The van der Waals surface area contributed by atoms with E-state index in [9.17, 15) is 13.2 Å². The minimum Gasteiger partial charge on any atom is -0.454 e. The Morgan fingerprint density at radius 2 is 1.90 bits per heavy atom. The van der Waals surface area contributed by atoms with Gasteiger partial charge in [-0.2, -0.15) is 0 Å². The van der Waals surface area contributed by atoms with Gasteiger partial charge in [0, 0.05) is 16.3 Å². The maximum absolute atomic E-state index is 12.7. The van der Waals surface area contributed by atoms with E-state index in [1.807, 2.05) is 30.3 Å². The van der Waals surface area contributed by atoms with Crippen LogP contribution < -0.4 is 10.0 Å². The zero-order valence-electron chi connectivity index (χ0n) is 16.5. The highest BCUT2D eigenvalue weighted by Crippen LogP contribution is 2.30. The van der Waals surface area contributed by atoms with E-state index in [-0.39, 0.29) is 10.5 Å². The number of anilines is 1. The Kier molecular flexibility index (Phi) is 5.19. The van der Waals surface area contributed by atoms with Crippen molar-refractivity contribution in [2.75, 3.05) is 12.4 Å². The maximum atomic E-state index is 12.7. The summed E-state index contributed by atoms with van der Waals surface area (Å²) in [5.74, 6) is 0.178. The molecule has 0 saturated heterocycles. The largest absolute Gasteiger partial charge is 0.454 e. The summed E-state index contributed by atoms with van der Waals surface area (Å²) in [6.45, 7) is 3.48. The van der Waals surface area contributed by atoms with E-state index in [4.69, 9.17) is 4.42 Å². The molecule has 4 rings (SSSR count). The van der Waals surface area contributed by atoms with Gasteiger partial charge in [0.15, 0.2) is 10.9 Å². The predicted octanol–water partition coefficient (Wildman–Crippen LogP) is 4.33. The summed E-state index contributed by atoms with van der Waals surface area (Å²) in [5, 5.41) is 5.90. The van der Waals surface area contributed by atoms with Crippen molar-refractivity contribution in [3.63, 3.8) is 0 Å². The number of aromatic nitrogens is 1. The highest BCUT2D eigenvalue weighted by molar-refractivity contribution is 7.89. The molecule has 0 fully saturated rings. The fraction of sp³-hybridized carbons (Fsp3) is 0.143. The number of hydrogen-bond acceptors (Lipinski definition) is 6. The van der Waals surface area contributed by atoms with Crippen LogP contribution in [0.25, 0.3) is 22.4 Å². The van der Waals surface area contributed by atoms with Crippen molar-refractivity contribution in [2.24, 2.45) is 0 Å². The molecule has 0 unspecified atom stereocenters. The number of hydrogen-bond donors (Lipinski definition) is 2. The van der Waals surface area contributed by atoms with Crippen molar-refractivity contribution >= 4 is 43.4 Å². The van der Waals surface area contributed by atoms with E-state index < -0.39 is 15.9 Å². The van der Waals surface area contributed by atoms with E-state index in [2.05, 4.69) is 15.0 Å². The van der Waals surface area contributed by atoms with Gasteiger partial charge in [-0.05, 0) is 56.3 Å². The molecule has 2 aromatic carbocycles. The Morgan fingerprint density at radius 3 is 2.63 bits per heavy atom. The summed E-state index contributed by atoms with van der Waals surface area (Å²) >= 11 is 1.27. The Morgan fingerprint density at radius 1 is 1.13 bits per heavy atom. The number of benzene rings is 2. The van der Waals surface area contributed by atoms with Crippen LogP contribution in [0.15, 0.2) is 57.2 Å².